The quantitative estimate of drug-likeness (QED) is 0.0895. The van der Waals surface area contributed by atoms with Crippen LogP contribution in [0.1, 0.15) is 52.4 Å². The maximum atomic E-state index is 10.9. The largest absolute Gasteiger partial charge is 0.394 e. The average Bonchev–Trinajstić information content (AvgIpc) is 2.96. The molecule has 242 valence electrons. The molecule has 15 heteroatoms. The highest BCUT2D eigenvalue weighted by molar-refractivity contribution is 4.94. The molecule has 0 aromatic rings. The van der Waals surface area contributed by atoms with E-state index in [0.29, 0.717) is 6.42 Å². The second-order valence-electron chi connectivity index (χ2n) is 11.0. The molecule has 3 unspecified atom stereocenters. The van der Waals surface area contributed by atoms with Gasteiger partial charge in [0.2, 0.25) is 0 Å². The van der Waals surface area contributed by atoms with Crippen LogP contribution >= 0.6 is 0 Å². The number of hydrogen-bond acceptors (Lipinski definition) is 15. The maximum Gasteiger partial charge on any atom is 0.187 e. The summed E-state index contributed by atoms with van der Waals surface area (Å²) >= 11 is 0. The summed E-state index contributed by atoms with van der Waals surface area (Å²) in [6.45, 7) is 2.70. The highest BCUT2D eigenvalue weighted by atomic mass is 16.7. The van der Waals surface area contributed by atoms with Crippen molar-refractivity contribution in [1.29, 1.82) is 0 Å². The van der Waals surface area contributed by atoms with Crippen LogP contribution in [0.15, 0.2) is 0 Å². The summed E-state index contributed by atoms with van der Waals surface area (Å²) in [4.78, 5) is 0. The van der Waals surface area contributed by atoms with E-state index < -0.39 is 105 Å². The van der Waals surface area contributed by atoms with Crippen LogP contribution in [0.3, 0.4) is 0 Å². The predicted octanol–water partition coefficient (Wildman–Crippen LogP) is -3.16. The van der Waals surface area contributed by atoms with Crippen molar-refractivity contribution in [2.45, 2.75) is 144 Å². The zero-order valence-corrected chi connectivity index (χ0v) is 23.5. The minimum atomic E-state index is -1.81. The number of unbranched alkanes of at least 4 members (excludes halogenated alkanes) is 5. The van der Waals surface area contributed by atoms with Crippen LogP contribution < -0.4 is 0 Å². The lowest BCUT2D eigenvalue weighted by Gasteiger charge is -2.46. The van der Waals surface area contributed by atoms with Crippen LogP contribution in [-0.2, 0) is 28.4 Å². The van der Waals surface area contributed by atoms with Gasteiger partial charge in [-0.25, -0.2) is 0 Å². The average molecular weight is 601 g/mol. The Balaban J connectivity index is 1.60. The maximum absolute atomic E-state index is 10.9. The molecule has 9 N–H and O–H groups in total. The van der Waals surface area contributed by atoms with Crippen LogP contribution in [0, 0.1) is 0 Å². The molecule has 0 bridgehead atoms. The first-order valence-electron chi connectivity index (χ1n) is 14.4. The van der Waals surface area contributed by atoms with E-state index in [9.17, 15) is 46.0 Å². The zero-order chi connectivity index (χ0) is 30.3. The van der Waals surface area contributed by atoms with Gasteiger partial charge < -0.3 is 74.4 Å². The fourth-order valence-corrected chi connectivity index (χ4v) is 5.10. The van der Waals surface area contributed by atoms with Crippen molar-refractivity contribution in [2.75, 3.05) is 19.8 Å². The Morgan fingerprint density at radius 3 is 1.83 bits per heavy atom. The van der Waals surface area contributed by atoms with E-state index in [1.165, 1.54) is 6.92 Å². The van der Waals surface area contributed by atoms with E-state index in [0.717, 1.165) is 32.1 Å². The molecule has 0 aromatic carbocycles. The summed E-state index contributed by atoms with van der Waals surface area (Å²) in [7, 11) is 0. The molecule has 3 saturated heterocycles. The van der Waals surface area contributed by atoms with Crippen LogP contribution in [0.5, 0.6) is 0 Å². The topological polar surface area (TPSA) is 237 Å². The lowest BCUT2D eigenvalue weighted by atomic mass is 9.97. The summed E-state index contributed by atoms with van der Waals surface area (Å²) < 4.78 is 33.3. The Bertz CT molecular complexity index is 748. The first-order chi connectivity index (χ1) is 19.5. The van der Waals surface area contributed by atoms with Crippen LogP contribution in [0.25, 0.3) is 0 Å². The molecule has 0 aromatic heterocycles. The van der Waals surface area contributed by atoms with Gasteiger partial charge in [-0.15, -0.1) is 0 Å². The molecule has 3 aliphatic heterocycles. The first-order valence-corrected chi connectivity index (χ1v) is 14.4. The highest BCUT2D eigenvalue weighted by Gasteiger charge is 2.51. The van der Waals surface area contributed by atoms with Gasteiger partial charge in [0.1, 0.15) is 67.1 Å². The molecule has 3 aliphatic rings. The summed E-state index contributed by atoms with van der Waals surface area (Å²) in [6, 6.07) is 0. The van der Waals surface area contributed by atoms with E-state index in [4.69, 9.17) is 28.4 Å². The van der Waals surface area contributed by atoms with Crippen LogP contribution in [0.4, 0.5) is 0 Å². The van der Waals surface area contributed by atoms with Crippen molar-refractivity contribution in [1.82, 2.24) is 0 Å². The molecule has 3 fully saturated rings. The Hall–Kier alpha value is -0.600. The third-order valence-electron chi connectivity index (χ3n) is 7.79. The summed E-state index contributed by atoms with van der Waals surface area (Å²) in [6.07, 6.45) is -16.2. The first kappa shape index (κ1) is 34.9. The number of aliphatic hydroxyl groups is 9. The lowest BCUT2D eigenvalue weighted by molar-refractivity contribution is -0.365. The molecule has 41 heavy (non-hydrogen) atoms. The monoisotopic (exact) mass is 600 g/mol. The van der Waals surface area contributed by atoms with Crippen molar-refractivity contribution in [2.24, 2.45) is 0 Å². The molecule has 0 spiro atoms. The summed E-state index contributed by atoms with van der Waals surface area (Å²) in [5.74, 6) is 0. The molecular formula is C26H48O15. The molecule has 0 saturated carbocycles. The van der Waals surface area contributed by atoms with Gasteiger partial charge >= 0.3 is 0 Å². The number of rotatable bonds is 14. The second-order valence-corrected chi connectivity index (χ2v) is 11.0. The number of hydrogen-bond donors (Lipinski definition) is 9. The van der Waals surface area contributed by atoms with Crippen molar-refractivity contribution >= 4 is 0 Å². The van der Waals surface area contributed by atoms with Gasteiger partial charge in [0.05, 0.1) is 19.3 Å². The van der Waals surface area contributed by atoms with Crippen molar-refractivity contribution in [3.8, 4) is 0 Å². The molecular weight excluding hydrogens is 552 g/mol. The standard InChI is InChI=1S/C26H48O15/c1-3-4-5-6-7-8-9-36-25-22(35)23(17(30)13(10-27)39-25)41-26-21(34)19(32)16(29)14(40-26)11-37-24-20(33)18(31)15(28)12(2)38-24/h12-35H,3-11H2,1-2H3/t12-,13+,14+,15+,16-,17+,18+,19-,20-,21+,22+,23-,24?,25?,26?/m0/s1. The fourth-order valence-electron chi connectivity index (χ4n) is 5.10. The summed E-state index contributed by atoms with van der Waals surface area (Å²) in [5, 5.41) is 92.7. The van der Waals surface area contributed by atoms with Gasteiger partial charge in [0.15, 0.2) is 18.9 Å². The molecule has 0 amide bonds. The van der Waals surface area contributed by atoms with E-state index in [1.807, 2.05) is 0 Å². The minimum Gasteiger partial charge on any atom is -0.394 e. The Kier molecular flexibility index (Phi) is 14.0. The highest BCUT2D eigenvalue weighted by Crippen LogP contribution is 2.30. The van der Waals surface area contributed by atoms with E-state index in [-0.39, 0.29) is 6.61 Å². The Morgan fingerprint density at radius 2 is 1.15 bits per heavy atom. The van der Waals surface area contributed by atoms with Crippen molar-refractivity contribution in [3.63, 3.8) is 0 Å². The molecule has 15 atom stereocenters. The van der Waals surface area contributed by atoms with Crippen LogP contribution in [-0.4, -0.2) is 158 Å². The van der Waals surface area contributed by atoms with Gasteiger partial charge in [-0.1, -0.05) is 39.0 Å². The lowest BCUT2D eigenvalue weighted by Crippen LogP contribution is -2.65. The number of aliphatic hydroxyl groups excluding tert-OH is 9. The molecule has 3 heterocycles. The van der Waals surface area contributed by atoms with E-state index in [1.54, 1.807) is 0 Å². The molecule has 0 radical (unpaired) electrons. The zero-order valence-electron chi connectivity index (χ0n) is 23.5. The molecule has 3 rings (SSSR count). The minimum absolute atomic E-state index is 0.251. The third kappa shape index (κ3) is 8.74. The second kappa shape index (κ2) is 16.5. The smallest absolute Gasteiger partial charge is 0.187 e. The molecule has 15 nitrogen and oxygen atoms in total. The summed E-state index contributed by atoms with van der Waals surface area (Å²) in [5.41, 5.74) is 0. The van der Waals surface area contributed by atoms with Crippen molar-refractivity contribution in [3.05, 3.63) is 0 Å². The Labute approximate surface area is 239 Å². The van der Waals surface area contributed by atoms with Gasteiger partial charge in [-0.05, 0) is 13.3 Å². The van der Waals surface area contributed by atoms with Crippen LogP contribution in [0.2, 0.25) is 0 Å². The van der Waals surface area contributed by atoms with Crippen molar-refractivity contribution < 1.29 is 74.4 Å². The van der Waals surface area contributed by atoms with Gasteiger partial charge in [0, 0.05) is 6.61 Å². The van der Waals surface area contributed by atoms with E-state index in [2.05, 4.69) is 6.92 Å². The Morgan fingerprint density at radius 1 is 0.561 bits per heavy atom. The van der Waals surface area contributed by atoms with Gasteiger partial charge in [-0.3, -0.25) is 0 Å². The fraction of sp³-hybridized carbons (Fsp3) is 1.00. The number of ether oxygens (including phenoxy) is 6. The van der Waals surface area contributed by atoms with E-state index >= 15 is 0 Å². The third-order valence-corrected chi connectivity index (χ3v) is 7.79. The molecule has 0 aliphatic carbocycles. The SMILES string of the molecule is CCCCCCCCOC1O[C@H](CO)[C@@H](O)[C@H](OC2O[C@H](COC3O[C@@H](C)[C@@H](O)[C@@H](O)[C@@H]3O)[C@H](O)[C@H](O)[C@H]2O)[C@H]1O. The van der Waals surface area contributed by atoms with Gasteiger partial charge in [-0.2, -0.15) is 0 Å². The normalized spacial score (nSPS) is 45.6. The predicted molar refractivity (Wildman–Crippen MR) is 137 cm³/mol. The van der Waals surface area contributed by atoms with Gasteiger partial charge in [0.25, 0.3) is 0 Å².